The van der Waals surface area contributed by atoms with Gasteiger partial charge in [-0.3, -0.25) is 4.79 Å². The van der Waals surface area contributed by atoms with Crippen molar-refractivity contribution in [2.24, 2.45) is 0 Å². The molecule has 0 unspecified atom stereocenters. The van der Waals surface area contributed by atoms with Crippen LogP contribution in [0.2, 0.25) is 0 Å². The number of amides is 1. The van der Waals surface area contributed by atoms with Crippen molar-refractivity contribution in [2.45, 2.75) is 32.3 Å². The van der Waals surface area contributed by atoms with Crippen molar-refractivity contribution < 1.29 is 14.3 Å². The summed E-state index contributed by atoms with van der Waals surface area (Å²) in [6, 6.07) is 19.5. The molecular formula is C22H25NO3. The highest BCUT2D eigenvalue weighted by molar-refractivity contribution is 5.90. The maximum absolute atomic E-state index is 12.2. The molecule has 1 amide bonds. The van der Waals surface area contributed by atoms with Crippen molar-refractivity contribution in [3.8, 4) is 0 Å². The number of hydrogen-bond donors (Lipinski definition) is 1. The lowest BCUT2D eigenvalue weighted by molar-refractivity contribution is -0.150. The van der Waals surface area contributed by atoms with Crippen LogP contribution in [0.4, 0.5) is 0 Å². The Balaban J connectivity index is 1.81. The van der Waals surface area contributed by atoms with Gasteiger partial charge in [-0.25, -0.2) is 4.79 Å². The van der Waals surface area contributed by atoms with Crippen LogP contribution < -0.4 is 5.32 Å². The molecule has 0 bridgehead atoms. The number of rotatable bonds is 8. The summed E-state index contributed by atoms with van der Waals surface area (Å²) < 4.78 is 5.17. The quantitative estimate of drug-likeness (QED) is 0.579. The van der Waals surface area contributed by atoms with E-state index in [0.717, 1.165) is 12.0 Å². The number of carbonyl (C=O) groups is 2. The van der Waals surface area contributed by atoms with Crippen molar-refractivity contribution in [3.05, 3.63) is 77.9 Å². The van der Waals surface area contributed by atoms with Crippen molar-refractivity contribution in [1.82, 2.24) is 5.32 Å². The van der Waals surface area contributed by atoms with Gasteiger partial charge in [-0.15, -0.1) is 0 Å². The molecule has 0 aromatic heterocycles. The van der Waals surface area contributed by atoms with Crippen LogP contribution >= 0.6 is 0 Å². The van der Waals surface area contributed by atoms with Gasteiger partial charge < -0.3 is 10.1 Å². The monoisotopic (exact) mass is 351 g/mol. The van der Waals surface area contributed by atoms with Crippen LogP contribution in [0.25, 0.3) is 6.08 Å². The topological polar surface area (TPSA) is 55.4 Å². The van der Waals surface area contributed by atoms with Crippen LogP contribution in [0.3, 0.4) is 0 Å². The Hall–Kier alpha value is -2.88. The maximum atomic E-state index is 12.2. The van der Waals surface area contributed by atoms with E-state index in [2.05, 4.69) is 24.4 Å². The molecule has 4 nitrogen and oxygen atoms in total. The zero-order valence-corrected chi connectivity index (χ0v) is 15.2. The van der Waals surface area contributed by atoms with E-state index < -0.39 is 12.1 Å². The number of hydrogen-bond acceptors (Lipinski definition) is 3. The molecular weight excluding hydrogens is 326 g/mol. The average molecular weight is 351 g/mol. The molecule has 0 aliphatic carbocycles. The predicted molar refractivity (Wildman–Crippen MR) is 104 cm³/mol. The molecule has 0 radical (unpaired) electrons. The fraction of sp³-hybridized carbons (Fsp3) is 0.273. The minimum absolute atomic E-state index is 0.237. The van der Waals surface area contributed by atoms with Gasteiger partial charge in [0, 0.05) is 18.5 Å². The lowest BCUT2D eigenvalue weighted by Gasteiger charge is -2.18. The van der Waals surface area contributed by atoms with E-state index in [4.69, 9.17) is 4.74 Å². The van der Waals surface area contributed by atoms with E-state index in [1.165, 1.54) is 11.6 Å². The Morgan fingerprint density at radius 2 is 1.65 bits per heavy atom. The minimum atomic E-state index is -0.837. The molecule has 4 heteroatoms. The second-order valence-electron chi connectivity index (χ2n) is 6.08. The summed E-state index contributed by atoms with van der Waals surface area (Å²) >= 11 is 0. The number of carbonyl (C=O) groups excluding carboxylic acids is 2. The fourth-order valence-corrected chi connectivity index (χ4v) is 2.59. The van der Waals surface area contributed by atoms with E-state index in [0.29, 0.717) is 6.54 Å². The highest BCUT2D eigenvalue weighted by Crippen LogP contribution is 2.18. The van der Waals surface area contributed by atoms with E-state index >= 15 is 0 Å². The van der Waals surface area contributed by atoms with Crippen LogP contribution in [-0.2, 0) is 14.3 Å². The summed E-state index contributed by atoms with van der Waals surface area (Å²) in [6.07, 6.45) is 3.07. The van der Waals surface area contributed by atoms with Crippen LogP contribution in [0.1, 0.15) is 37.3 Å². The van der Waals surface area contributed by atoms with Gasteiger partial charge in [0.2, 0.25) is 0 Å². The third-order valence-electron chi connectivity index (χ3n) is 4.16. The number of esters is 1. The SMILES string of the molecule is CC[C@@H](CNC(=O)[C@@H](C)OC(=O)/C=C/c1ccccc1)c1ccccc1. The molecule has 26 heavy (non-hydrogen) atoms. The third kappa shape index (κ3) is 6.20. The molecule has 136 valence electrons. The number of ether oxygens (including phenoxy) is 1. The largest absolute Gasteiger partial charge is 0.449 e. The Morgan fingerprint density at radius 1 is 1.04 bits per heavy atom. The van der Waals surface area contributed by atoms with Gasteiger partial charge in [0.15, 0.2) is 6.10 Å². The second-order valence-corrected chi connectivity index (χ2v) is 6.08. The Kier molecular flexibility index (Phi) is 7.62. The lowest BCUT2D eigenvalue weighted by atomic mass is 9.96. The first-order valence-electron chi connectivity index (χ1n) is 8.86. The Labute approximate surface area is 154 Å². The van der Waals surface area contributed by atoms with Gasteiger partial charge in [0.05, 0.1) is 0 Å². The lowest BCUT2D eigenvalue weighted by Crippen LogP contribution is -2.37. The number of benzene rings is 2. The third-order valence-corrected chi connectivity index (χ3v) is 4.16. The molecule has 0 aliphatic heterocycles. The van der Waals surface area contributed by atoms with Gasteiger partial charge in [0.1, 0.15) is 0 Å². The van der Waals surface area contributed by atoms with Crippen molar-refractivity contribution in [1.29, 1.82) is 0 Å². The van der Waals surface area contributed by atoms with Crippen LogP contribution in [0.5, 0.6) is 0 Å². The molecule has 2 aromatic carbocycles. The second kappa shape index (κ2) is 10.2. The normalized spacial score (nSPS) is 13.2. The van der Waals surface area contributed by atoms with E-state index in [9.17, 15) is 9.59 Å². The average Bonchev–Trinajstić information content (AvgIpc) is 2.68. The molecule has 2 rings (SSSR count). The van der Waals surface area contributed by atoms with Gasteiger partial charge in [0.25, 0.3) is 5.91 Å². The van der Waals surface area contributed by atoms with E-state index in [1.807, 2.05) is 48.5 Å². The van der Waals surface area contributed by atoms with E-state index in [-0.39, 0.29) is 11.8 Å². The highest BCUT2D eigenvalue weighted by atomic mass is 16.5. The summed E-state index contributed by atoms with van der Waals surface area (Å²) in [5.41, 5.74) is 2.08. The predicted octanol–water partition coefficient (Wildman–Crippen LogP) is 3.94. The van der Waals surface area contributed by atoms with Crippen molar-refractivity contribution in [2.75, 3.05) is 6.54 Å². The van der Waals surface area contributed by atoms with Gasteiger partial charge in [-0.05, 0) is 30.5 Å². The summed E-state index contributed by atoms with van der Waals surface area (Å²) in [6.45, 7) is 4.18. The van der Waals surface area contributed by atoms with Crippen molar-refractivity contribution >= 4 is 18.0 Å². The molecule has 0 aliphatic rings. The highest BCUT2D eigenvalue weighted by Gasteiger charge is 2.18. The fourth-order valence-electron chi connectivity index (χ4n) is 2.59. The summed E-state index contributed by atoms with van der Waals surface area (Å²) in [4.78, 5) is 24.1. The maximum Gasteiger partial charge on any atom is 0.331 e. The van der Waals surface area contributed by atoms with E-state index in [1.54, 1.807) is 13.0 Å². The molecule has 0 saturated heterocycles. The zero-order valence-electron chi connectivity index (χ0n) is 15.2. The smallest absolute Gasteiger partial charge is 0.331 e. The molecule has 0 saturated carbocycles. The van der Waals surface area contributed by atoms with Crippen LogP contribution in [-0.4, -0.2) is 24.5 Å². The first kappa shape index (κ1) is 19.4. The Morgan fingerprint density at radius 3 is 2.27 bits per heavy atom. The van der Waals surface area contributed by atoms with Crippen molar-refractivity contribution in [3.63, 3.8) is 0 Å². The minimum Gasteiger partial charge on any atom is -0.449 e. The summed E-state index contributed by atoms with van der Waals surface area (Å²) in [5, 5.41) is 2.87. The zero-order chi connectivity index (χ0) is 18.8. The molecule has 0 spiro atoms. The van der Waals surface area contributed by atoms with Gasteiger partial charge >= 0.3 is 5.97 Å². The van der Waals surface area contributed by atoms with Gasteiger partial charge in [-0.1, -0.05) is 67.6 Å². The molecule has 0 fully saturated rings. The summed E-state index contributed by atoms with van der Waals surface area (Å²) in [5.74, 6) is -0.589. The molecule has 1 N–H and O–H groups in total. The first-order valence-corrected chi connectivity index (χ1v) is 8.86. The van der Waals surface area contributed by atoms with Gasteiger partial charge in [-0.2, -0.15) is 0 Å². The van der Waals surface area contributed by atoms with Crippen LogP contribution in [0, 0.1) is 0 Å². The summed E-state index contributed by atoms with van der Waals surface area (Å²) in [7, 11) is 0. The molecule has 2 aromatic rings. The standard InChI is InChI=1S/C22H25NO3/c1-3-19(20-12-8-5-9-13-20)16-23-22(25)17(2)26-21(24)15-14-18-10-6-4-7-11-18/h4-15,17,19H,3,16H2,1-2H3,(H,23,25)/b15-14+/t17-,19+/m1/s1. The van der Waals surface area contributed by atoms with Crippen LogP contribution in [0.15, 0.2) is 66.7 Å². The molecule has 0 heterocycles. The first-order chi connectivity index (χ1) is 12.6. The number of nitrogens with one attached hydrogen (secondary N) is 1. The molecule has 2 atom stereocenters. The Bertz CT molecular complexity index is 726.